The van der Waals surface area contributed by atoms with Crippen molar-refractivity contribution >= 4 is 11.6 Å². The average Bonchev–Trinajstić information content (AvgIpc) is 3.03. The fourth-order valence-corrected chi connectivity index (χ4v) is 1.51. The fraction of sp³-hybridized carbons (Fsp3) is 0.455. The number of alkyl halides is 3. The van der Waals surface area contributed by atoms with Crippen molar-refractivity contribution in [3.63, 3.8) is 0 Å². The van der Waals surface area contributed by atoms with Crippen LogP contribution in [-0.4, -0.2) is 25.5 Å². The molecule has 0 saturated carbocycles. The van der Waals surface area contributed by atoms with Gasteiger partial charge >= 0.3 is 6.18 Å². The van der Waals surface area contributed by atoms with E-state index in [0.717, 1.165) is 0 Å². The van der Waals surface area contributed by atoms with Crippen LogP contribution in [-0.2, 0) is 9.47 Å². The lowest BCUT2D eigenvalue weighted by Gasteiger charge is -2.20. The summed E-state index contributed by atoms with van der Waals surface area (Å²) in [7, 11) is 0. The van der Waals surface area contributed by atoms with Crippen molar-refractivity contribution in [1.29, 1.82) is 0 Å². The molecule has 2 rings (SSSR count). The van der Waals surface area contributed by atoms with E-state index in [1.54, 1.807) is 0 Å². The summed E-state index contributed by atoms with van der Waals surface area (Å²) in [5.41, 5.74) is 0.0440. The molecule has 0 aromatic heterocycles. The minimum atomic E-state index is -4.44. The van der Waals surface area contributed by atoms with Gasteiger partial charge in [-0.25, -0.2) is 0 Å². The van der Waals surface area contributed by atoms with Gasteiger partial charge in [-0.1, -0.05) is 23.7 Å². The van der Waals surface area contributed by atoms with Gasteiger partial charge in [0, 0.05) is 5.02 Å². The summed E-state index contributed by atoms with van der Waals surface area (Å²) < 4.78 is 48.0. The van der Waals surface area contributed by atoms with Gasteiger partial charge in [0.2, 0.25) is 0 Å². The highest BCUT2D eigenvalue weighted by atomic mass is 35.5. The molecule has 0 bridgehead atoms. The third-order valence-electron chi connectivity index (χ3n) is 2.32. The van der Waals surface area contributed by atoms with Crippen LogP contribution in [0.4, 0.5) is 13.2 Å². The molecule has 1 aromatic rings. The largest absolute Gasteiger partial charge is 0.418 e. The second-order valence-corrected chi connectivity index (χ2v) is 4.20. The van der Waals surface area contributed by atoms with Crippen LogP contribution in [0, 0.1) is 0 Å². The van der Waals surface area contributed by atoms with Gasteiger partial charge in [-0.05, 0) is 17.7 Å². The standard InChI is InChI=1S/C11H10ClF3O2/c12-8-3-1-7(2-4-8)10(11(13,14)15)17-6-9-5-16-9/h1-4,9-10H,5-6H2/t9-,10+/m0/s1. The molecule has 17 heavy (non-hydrogen) atoms. The van der Waals surface area contributed by atoms with E-state index in [2.05, 4.69) is 0 Å². The summed E-state index contributed by atoms with van der Waals surface area (Å²) in [5, 5.41) is 0.389. The first kappa shape index (κ1) is 12.7. The lowest BCUT2D eigenvalue weighted by molar-refractivity contribution is -0.224. The molecule has 6 heteroatoms. The maximum Gasteiger partial charge on any atom is 0.418 e. The Morgan fingerprint density at radius 1 is 1.35 bits per heavy atom. The van der Waals surface area contributed by atoms with Crippen molar-refractivity contribution in [1.82, 2.24) is 0 Å². The van der Waals surface area contributed by atoms with Crippen LogP contribution in [0.15, 0.2) is 24.3 Å². The highest BCUT2D eigenvalue weighted by molar-refractivity contribution is 6.30. The molecule has 0 unspecified atom stereocenters. The van der Waals surface area contributed by atoms with E-state index in [1.807, 2.05) is 0 Å². The summed E-state index contributed by atoms with van der Waals surface area (Å²) in [6.45, 7) is 0.415. The molecule has 0 aliphatic carbocycles. The Kier molecular flexibility index (Phi) is 3.61. The van der Waals surface area contributed by atoms with E-state index in [-0.39, 0.29) is 18.3 Å². The molecule has 2 nitrogen and oxygen atoms in total. The van der Waals surface area contributed by atoms with Gasteiger partial charge in [0.25, 0.3) is 0 Å². The second-order valence-electron chi connectivity index (χ2n) is 3.76. The van der Waals surface area contributed by atoms with Gasteiger partial charge in [0.15, 0.2) is 6.10 Å². The maximum atomic E-state index is 12.8. The lowest BCUT2D eigenvalue weighted by atomic mass is 10.1. The molecule has 0 N–H and O–H groups in total. The molecular weight excluding hydrogens is 257 g/mol. The first-order chi connectivity index (χ1) is 7.97. The Morgan fingerprint density at radius 2 is 1.94 bits per heavy atom. The first-order valence-electron chi connectivity index (χ1n) is 5.02. The number of hydrogen-bond donors (Lipinski definition) is 0. The number of benzene rings is 1. The average molecular weight is 267 g/mol. The minimum absolute atomic E-state index is 0.0440. The van der Waals surface area contributed by atoms with E-state index in [4.69, 9.17) is 21.1 Å². The zero-order valence-electron chi connectivity index (χ0n) is 8.71. The molecule has 1 aliphatic rings. The zero-order chi connectivity index (χ0) is 12.5. The predicted molar refractivity (Wildman–Crippen MR) is 55.9 cm³/mol. The van der Waals surface area contributed by atoms with Crippen LogP contribution in [0.3, 0.4) is 0 Å². The Balaban J connectivity index is 2.10. The molecule has 1 aliphatic heterocycles. The van der Waals surface area contributed by atoms with Crippen LogP contribution in [0.1, 0.15) is 11.7 Å². The van der Waals surface area contributed by atoms with Crippen molar-refractivity contribution in [2.75, 3.05) is 13.2 Å². The Morgan fingerprint density at radius 3 is 2.41 bits per heavy atom. The van der Waals surface area contributed by atoms with Gasteiger partial charge in [-0.3, -0.25) is 0 Å². The highest BCUT2D eigenvalue weighted by Crippen LogP contribution is 2.36. The second kappa shape index (κ2) is 4.84. The van der Waals surface area contributed by atoms with Crippen LogP contribution in [0.25, 0.3) is 0 Å². The quantitative estimate of drug-likeness (QED) is 0.780. The van der Waals surface area contributed by atoms with Gasteiger partial charge < -0.3 is 9.47 Å². The molecule has 0 radical (unpaired) electrons. The highest BCUT2D eigenvalue weighted by Gasteiger charge is 2.42. The SMILES string of the molecule is FC(F)(F)[C@H](OC[C@@H]1CO1)c1ccc(Cl)cc1. The van der Waals surface area contributed by atoms with Crippen LogP contribution >= 0.6 is 11.6 Å². The monoisotopic (exact) mass is 266 g/mol. The summed E-state index contributed by atoms with van der Waals surface area (Å²) >= 11 is 5.63. The molecule has 1 heterocycles. The smallest absolute Gasteiger partial charge is 0.371 e. The van der Waals surface area contributed by atoms with Crippen LogP contribution in [0.5, 0.6) is 0 Å². The van der Waals surface area contributed by atoms with Gasteiger partial charge in [-0.15, -0.1) is 0 Å². The van der Waals surface area contributed by atoms with Crippen molar-refractivity contribution in [3.05, 3.63) is 34.9 Å². The summed E-state index contributed by atoms with van der Waals surface area (Å²) in [4.78, 5) is 0. The summed E-state index contributed by atoms with van der Waals surface area (Å²) in [6, 6.07) is 5.45. The van der Waals surface area contributed by atoms with E-state index in [0.29, 0.717) is 11.6 Å². The number of rotatable bonds is 4. The Bertz CT molecular complexity index is 373. The van der Waals surface area contributed by atoms with Gasteiger partial charge in [0.05, 0.1) is 13.2 Å². The summed E-state index contributed by atoms with van der Waals surface area (Å²) in [5.74, 6) is 0. The fourth-order valence-electron chi connectivity index (χ4n) is 1.39. The van der Waals surface area contributed by atoms with E-state index in [9.17, 15) is 13.2 Å². The minimum Gasteiger partial charge on any atom is -0.371 e. The van der Waals surface area contributed by atoms with E-state index < -0.39 is 12.3 Å². The Labute approximate surface area is 101 Å². The van der Waals surface area contributed by atoms with Crippen molar-refractivity contribution < 1.29 is 22.6 Å². The number of ether oxygens (including phenoxy) is 2. The van der Waals surface area contributed by atoms with Crippen molar-refractivity contribution in [2.24, 2.45) is 0 Å². The third kappa shape index (κ3) is 3.59. The van der Waals surface area contributed by atoms with E-state index >= 15 is 0 Å². The molecule has 2 atom stereocenters. The molecule has 1 aromatic carbocycles. The number of halogens is 4. The first-order valence-corrected chi connectivity index (χ1v) is 5.40. The number of hydrogen-bond acceptors (Lipinski definition) is 2. The van der Waals surface area contributed by atoms with E-state index in [1.165, 1.54) is 24.3 Å². The molecule has 0 spiro atoms. The lowest BCUT2D eigenvalue weighted by Crippen LogP contribution is -2.25. The van der Waals surface area contributed by atoms with Crippen LogP contribution < -0.4 is 0 Å². The third-order valence-corrected chi connectivity index (χ3v) is 2.57. The van der Waals surface area contributed by atoms with Gasteiger partial charge in [-0.2, -0.15) is 13.2 Å². The van der Waals surface area contributed by atoms with Gasteiger partial charge in [0.1, 0.15) is 6.10 Å². The molecular formula is C11H10ClF3O2. The van der Waals surface area contributed by atoms with Crippen molar-refractivity contribution in [2.45, 2.75) is 18.4 Å². The molecule has 1 fully saturated rings. The number of epoxide rings is 1. The molecule has 1 saturated heterocycles. The topological polar surface area (TPSA) is 21.8 Å². The van der Waals surface area contributed by atoms with Crippen molar-refractivity contribution in [3.8, 4) is 0 Å². The summed E-state index contributed by atoms with van der Waals surface area (Å²) in [6.07, 6.45) is -6.57. The zero-order valence-corrected chi connectivity index (χ0v) is 9.46. The molecule has 94 valence electrons. The molecule has 0 amide bonds. The normalized spacial score (nSPS) is 21.3. The maximum absolute atomic E-state index is 12.8. The van der Waals surface area contributed by atoms with Crippen LogP contribution in [0.2, 0.25) is 5.02 Å². The Hall–Kier alpha value is -0.780. The predicted octanol–water partition coefficient (Wildman–Crippen LogP) is 3.36.